The summed E-state index contributed by atoms with van der Waals surface area (Å²) in [5, 5.41) is 4.03. The molecule has 0 bridgehead atoms. The topological polar surface area (TPSA) is 56.7 Å². The van der Waals surface area contributed by atoms with Crippen molar-refractivity contribution >= 4 is 5.95 Å². The number of rotatable bonds is 2. The van der Waals surface area contributed by atoms with Gasteiger partial charge in [0.25, 0.3) is 0 Å². The van der Waals surface area contributed by atoms with Crippen molar-refractivity contribution in [2.45, 2.75) is 19.5 Å². The molecule has 2 rings (SSSR count). The summed E-state index contributed by atoms with van der Waals surface area (Å²) in [6, 6.07) is 4.80. The van der Waals surface area contributed by atoms with Crippen LogP contribution < -0.4 is 5.73 Å². The Kier molecular flexibility index (Phi) is 2.98. The quantitative estimate of drug-likeness (QED) is 0.897. The SMILES string of the molecule is CCc1nc(N)n(-c2cccc(C(F)(F)F)c2)n1. The number of nitrogens with zero attached hydrogens (tertiary/aromatic N) is 3. The molecule has 1 heterocycles. The Morgan fingerprint density at radius 1 is 1.33 bits per heavy atom. The smallest absolute Gasteiger partial charge is 0.368 e. The molecule has 0 spiro atoms. The van der Waals surface area contributed by atoms with Crippen molar-refractivity contribution in [3.63, 3.8) is 0 Å². The number of alkyl halides is 3. The van der Waals surface area contributed by atoms with Gasteiger partial charge in [0.05, 0.1) is 11.3 Å². The zero-order valence-corrected chi connectivity index (χ0v) is 9.57. The van der Waals surface area contributed by atoms with Crippen LogP contribution in [0.2, 0.25) is 0 Å². The fraction of sp³-hybridized carbons (Fsp3) is 0.273. The minimum absolute atomic E-state index is 0.0752. The summed E-state index contributed by atoms with van der Waals surface area (Å²) in [6.45, 7) is 1.84. The van der Waals surface area contributed by atoms with Crippen molar-refractivity contribution in [3.8, 4) is 5.69 Å². The van der Waals surface area contributed by atoms with Gasteiger partial charge in [-0.05, 0) is 18.2 Å². The van der Waals surface area contributed by atoms with Crippen LogP contribution in [0, 0.1) is 0 Å². The molecular formula is C11H11F3N4. The van der Waals surface area contributed by atoms with Gasteiger partial charge in [-0.3, -0.25) is 0 Å². The van der Waals surface area contributed by atoms with Gasteiger partial charge >= 0.3 is 6.18 Å². The fourth-order valence-corrected chi connectivity index (χ4v) is 1.52. The van der Waals surface area contributed by atoms with Crippen molar-refractivity contribution in [3.05, 3.63) is 35.7 Å². The first-order valence-electron chi connectivity index (χ1n) is 5.31. The molecule has 0 unspecified atom stereocenters. The van der Waals surface area contributed by atoms with Gasteiger partial charge in [0, 0.05) is 6.42 Å². The van der Waals surface area contributed by atoms with E-state index in [1.807, 2.05) is 6.92 Å². The van der Waals surface area contributed by atoms with Crippen LogP contribution in [0.15, 0.2) is 24.3 Å². The van der Waals surface area contributed by atoms with Crippen molar-refractivity contribution in [2.75, 3.05) is 5.73 Å². The molecule has 18 heavy (non-hydrogen) atoms. The van der Waals surface area contributed by atoms with Gasteiger partial charge < -0.3 is 5.73 Å². The number of anilines is 1. The largest absolute Gasteiger partial charge is 0.416 e. The van der Waals surface area contributed by atoms with E-state index >= 15 is 0 Å². The Hall–Kier alpha value is -2.05. The van der Waals surface area contributed by atoms with Gasteiger partial charge in [0.1, 0.15) is 0 Å². The Bertz CT molecular complexity index is 560. The van der Waals surface area contributed by atoms with Crippen LogP contribution in [0.4, 0.5) is 19.1 Å². The van der Waals surface area contributed by atoms with E-state index in [1.54, 1.807) is 0 Å². The van der Waals surface area contributed by atoms with Crippen LogP contribution in [-0.2, 0) is 12.6 Å². The van der Waals surface area contributed by atoms with E-state index in [4.69, 9.17) is 5.73 Å². The van der Waals surface area contributed by atoms with Gasteiger partial charge in [-0.2, -0.15) is 22.8 Å². The molecule has 0 aliphatic carbocycles. The molecule has 1 aromatic carbocycles. The Morgan fingerprint density at radius 3 is 2.61 bits per heavy atom. The van der Waals surface area contributed by atoms with Gasteiger partial charge in [-0.1, -0.05) is 13.0 Å². The van der Waals surface area contributed by atoms with Crippen molar-refractivity contribution in [1.82, 2.24) is 14.8 Å². The second-order valence-electron chi connectivity index (χ2n) is 3.70. The standard InChI is InChI=1S/C11H11F3N4/c1-2-9-16-10(15)18(17-9)8-5-3-4-7(6-8)11(12,13)14/h3-6H,2H2,1H3,(H2,15,16,17). The lowest BCUT2D eigenvalue weighted by molar-refractivity contribution is -0.137. The van der Waals surface area contributed by atoms with Gasteiger partial charge in [-0.15, -0.1) is 5.10 Å². The highest BCUT2D eigenvalue weighted by Gasteiger charge is 2.30. The third-order valence-corrected chi connectivity index (χ3v) is 2.41. The lowest BCUT2D eigenvalue weighted by atomic mass is 10.2. The highest BCUT2D eigenvalue weighted by Crippen LogP contribution is 2.30. The third-order valence-electron chi connectivity index (χ3n) is 2.41. The Labute approximate surface area is 101 Å². The third kappa shape index (κ3) is 2.29. The molecule has 0 radical (unpaired) electrons. The second-order valence-corrected chi connectivity index (χ2v) is 3.70. The summed E-state index contributed by atoms with van der Waals surface area (Å²) < 4.78 is 38.9. The average Bonchev–Trinajstić information content (AvgIpc) is 2.70. The summed E-state index contributed by atoms with van der Waals surface area (Å²) in [6.07, 6.45) is -3.82. The van der Waals surface area contributed by atoms with Crippen LogP contribution in [0.1, 0.15) is 18.3 Å². The second kappa shape index (κ2) is 4.32. The van der Waals surface area contributed by atoms with E-state index in [0.717, 1.165) is 12.1 Å². The number of hydrogen-bond donors (Lipinski definition) is 1. The average molecular weight is 256 g/mol. The normalized spacial score (nSPS) is 11.8. The molecule has 0 atom stereocenters. The molecule has 7 heteroatoms. The summed E-state index contributed by atoms with van der Waals surface area (Å²) in [7, 11) is 0. The number of halogens is 3. The highest BCUT2D eigenvalue weighted by atomic mass is 19.4. The maximum Gasteiger partial charge on any atom is 0.416 e. The van der Waals surface area contributed by atoms with Crippen molar-refractivity contribution in [2.24, 2.45) is 0 Å². The van der Waals surface area contributed by atoms with Crippen LogP contribution in [0.3, 0.4) is 0 Å². The molecule has 0 aliphatic heterocycles. The van der Waals surface area contributed by atoms with Crippen molar-refractivity contribution in [1.29, 1.82) is 0 Å². The number of nitrogen functional groups attached to an aromatic ring is 1. The molecule has 0 amide bonds. The number of aryl methyl sites for hydroxylation is 1. The van der Waals surface area contributed by atoms with Gasteiger partial charge in [0.15, 0.2) is 5.82 Å². The summed E-state index contributed by atoms with van der Waals surface area (Å²) in [5.41, 5.74) is 5.12. The summed E-state index contributed by atoms with van der Waals surface area (Å²) >= 11 is 0. The lowest BCUT2D eigenvalue weighted by Crippen LogP contribution is -2.08. The van der Waals surface area contributed by atoms with Crippen molar-refractivity contribution < 1.29 is 13.2 Å². The van der Waals surface area contributed by atoms with Crippen LogP contribution in [-0.4, -0.2) is 14.8 Å². The van der Waals surface area contributed by atoms with Crippen LogP contribution in [0.5, 0.6) is 0 Å². The molecule has 4 nitrogen and oxygen atoms in total. The van der Waals surface area contributed by atoms with E-state index in [-0.39, 0.29) is 11.6 Å². The number of nitrogens with two attached hydrogens (primary N) is 1. The lowest BCUT2D eigenvalue weighted by Gasteiger charge is -2.08. The fourth-order valence-electron chi connectivity index (χ4n) is 1.52. The van der Waals surface area contributed by atoms with E-state index in [1.165, 1.54) is 16.8 Å². The molecule has 2 aromatic rings. The van der Waals surface area contributed by atoms with Gasteiger partial charge in [-0.25, -0.2) is 0 Å². The predicted octanol–water partition coefficient (Wildman–Crippen LogP) is 2.43. The number of aromatic nitrogens is 3. The molecule has 2 N–H and O–H groups in total. The maximum absolute atomic E-state index is 12.6. The first kappa shape index (κ1) is 12.4. The Morgan fingerprint density at radius 2 is 2.06 bits per heavy atom. The summed E-state index contributed by atoms with van der Waals surface area (Å²) in [5.74, 6) is 0.566. The minimum Gasteiger partial charge on any atom is -0.368 e. The zero-order chi connectivity index (χ0) is 13.3. The molecule has 0 aliphatic rings. The molecule has 96 valence electrons. The zero-order valence-electron chi connectivity index (χ0n) is 9.57. The highest BCUT2D eigenvalue weighted by molar-refractivity contribution is 5.40. The first-order chi connectivity index (χ1) is 8.41. The maximum atomic E-state index is 12.6. The molecule has 0 saturated heterocycles. The summed E-state index contributed by atoms with van der Waals surface area (Å²) in [4.78, 5) is 3.95. The molecule has 1 aromatic heterocycles. The number of benzene rings is 1. The van der Waals surface area contributed by atoms with E-state index in [9.17, 15) is 13.2 Å². The first-order valence-corrected chi connectivity index (χ1v) is 5.31. The number of hydrogen-bond acceptors (Lipinski definition) is 3. The van der Waals surface area contributed by atoms with Crippen LogP contribution >= 0.6 is 0 Å². The van der Waals surface area contributed by atoms with Crippen LogP contribution in [0.25, 0.3) is 5.69 Å². The van der Waals surface area contributed by atoms with E-state index < -0.39 is 11.7 Å². The Balaban J connectivity index is 2.47. The van der Waals surface area contributed by atoms with E-state index in [0.29, 0.717) is 12.2 Å². The molecule has 0 fully saturated rings. The predicted molar refractivity (Wildman–Crippen MR) is 60.2 cm³/mol. The van der Waals surface area contributed by atoms with E-state index in [2.05, 4.69) is 10.1 Å². The monoisotopic (exact) mass is 256 g/mol. The minimum atomic E-state index is -4.39. The van der Waals surface area contributed by atoms with Gasteiger partial charge in [0.2, 0.25) is 5.95 Å². The molecular weight excluding hydrogens is 245 g/mol. The molecule has 0 saturated carbocycles.